The molecule has 0 atom stereocenters. The van der Waals surface area contributed by atoms with Crippen molar-refractivity contribution >= 4 is 28.6 Å². The minimum atomic E-state index is -0.244. The summed E-state index contributed by atoms with van der Waals surface area (Å²) in [7, 11) is 1.53. The molecule has 3 N–H and O–H groups in total. The second-order valence-electron chi connectivity index (χ2n) is 3.66. The normalized spacial score (nSPS) is 10.1. The van der Waals surface area contributed by atoms with Crippen LogP contribution in [0.25, 0.3) is 0 Å². The van der Waals surface area contributed by atoms with Crippen LogP contribution in [-0.2, 0) is 0 Å². The van der Waals surface area contributed by atoms with Gasteiger partial charge in [0.25, 0.3) is 5.91 Å². The minimum absolute atomic E-state index is 0.244. The third-order valence-electron chi connectivity index (χ3n) is 2.34. The maximum atomic E-state index is 11.9. The largest absolute Gasteiger partial charge is 0.495 e. The molecular formula is C12H13N3O2S. The lowest BCUT2D eigenvalue weighted by Crippen LogP contribution is -2.12. The topological polar surface area (TPSA) is 77.2 Å². The smallest absolute Gasteiger partial charge is 0.275 e. The Hall–Kier alpha value is -2.08. The molecule has 0 saturated carbocycles. The van der Waals surface area contributed by atoms with Crippen molar-refractivity contribution < 1.29 is 9.53 Å². The number of anilines is 2. The number of nitrogen functional groups attached to an aromatic ring is 1. The minimum Gasteiger partial charge on any atom is -0.495 e. The molecule has 1 aromatic heterocycles. The van der Waals surface area contributed by atoms with Crippen LogP contribution >= 0.6 is 11.3 Å². The van der Waals surface area contributed by atoms with Crippen LogP contribution in [0.4, 0.5) is 11.4 Å². The number of carbonyl (C=O) groups excluding carboxylic acids is 1. The number of benzene rings is 1. The van der Waals surface area contributed by atoms with E-state index < -0.39 is 0 Å². The molecular weight excluding hydrogens is 250 g/mol. The summed E-state index contributed by atoms with van der Waals surface area (Å²) in [4.78, 5) is 16.0. The first kappa shape index (κ1) is 12.4. The molecule has 94 valence electrons. The van der Waals surface area contributed by atoms with Gasteiger partial charge >= 0.3 is 0 Å². The van der Waals surface area contributed by atoms with Gasteiger partial charge in [0.05, 0.1) is 17.8 Å². The molecule has 0 aliphatic heterocycles. The van der Waals surface area contributed by atoms with Crippen LogP contribution in [0.3, 0.4) is 0 Å². The van der Waals surface area contributed by atoms with Crippen LogP contribution in [0.1, 0.15) is 15.5 Å². The van der Waals surface area contributed by atoms with Crippen LogP contribution in [0.5, 0.6) is 5.75 Å². The molecule has 5 nitrogen and oxygen atoms in total. The monoisotopic (exact) mass is 263 g/mol. The van der Waals surface area contributed by atoms with Crippen molar-refractivity contribution in [3.63, 3.8) is 0 Å². The Morgan fingerprint density at radius 3 is 2.89 bits per heavy atom. The molecule has 0 saturated heterocycles. The Labute approximate surface area is 109 Å². The molecule has 2 aromatic rings. The summed E-state index contributed by atoms with van der Waals surface area (Å²) < 4.78 is 5.09. The highest BCUT2D eigenvalue weighted by Crippen LogP contribution is 2.25. The van der Waals surface area contributed by atoms with Gasteiger partial charge in [-0.05, 0) is 19.1 Å². The number of carbonyl (C=O) groups is 1. The van der Waals surface area contributed by atoms with E-state index in [1.165, 1.54) is 18.4 Å². The molecule has 0 fully saturated rings. The van der Waals surface area contributed by atoms with E-state index in [2.05, 4.69) is 10.3 Å². The van der Waals surface area contributed by atoms with E-state index in [1.807, 2.05) is 6.92 Å². The fourth-order valence-corrected chi connectivity index (χ4v) is 2.04. The summed E-state index contributed by atoms with van der Waals surface area (Å²) in [6.07, 6.45) is 0. The quantitative estimate of drug-likeness (QED) is 0.833. The van der Waals surface area contributed by atoms with E-state index in [9.17, 15) is 4.79 Å². The van der Waals surface area contributed by atoms with Gasteiger partial charge in [-0.15, -0.1) is 11.3 Å². The Morgan fingerprint density at radius 2 is 2.28 bits per heavy atom. The first-order valence-corrected chi connectivity index (χ1v) is 6.15. The highest BCUT2D eigenvalue weighted by Gasteiger charge is 2.10. The number of aryl methyl sites for hydroxylation is 1. The Morgan fingerprint density at radius 1 is 1.50 bits per heavy atom. The molecule has 1 heterocycles. The predicted octanol–water partition coefficient (Wildman–Crippen LogP) is 2.29. The van der Waals surface area contributed by atoms with E-state index >= 15 is 0 Å². The van der Waals surface area contributed by atoms with E-state index in [4.69, 9.17) is 10.5 Å². The number of hydrogen-bond donors (Lipinski definition) is 2. The zero-order valence-electron chi connectivity index (χ0n) is 10.1. The van der Waals surface area contributed by atoms with Crippen LogP contribution in [0, 0.1) is 6.92 Å². The van der Waals surface area contributed by atoms with Crippen molar-refractivity contribution in [1.82, 2.24) is 4.98 Å². The van der Waals surface area contributed by atoms with Crippen LogP contribution in [0.15, 0.2) is 23.6 Å². The standard InChI is InChI=1S/C12H13N3O2S/c1-7-14-10(6-18-7)12(16)15-8-3-4-9(13)11(5-8)17-2/h3-6H,13H2,1-2H3,(H,15,16). The van der Waals surface area contributed by atoms with Gasteiger partial charge in [0.15, 0.2) is 0 Å². The summed E-state index contributed by atoms with van der Waals surface area (Å²) in [5.41, 5.74) is 7.26. The van der Waals surface area contributed by atoms with Gasteiger partial charge in [-0.3, -0.25) is 4.79 Å². The summed E-state index contributed by atoms with van der Waals surface area (Å²) in [5.74, 6) is 0.286. The Bertz CT molecular complexity index is 580. The van der Waals surface area contributed by atoms with Crippen molar-refractivity contribution in [2.24, 2.45) is 0 Å². The Balaban J connectivity index is 2.16. The highest BCUT2D eigenvalue weighted by atomic mass is 32.1. The summed E-state index contributed by atoms with van der Waals surface area (Å²) >= 11 is 1.44. The third-order valence-corrected chi connectivity index (χ3v) is 3.12. The first-order chi connectivity index (χ1) is 8.60. The molecule has 0 spiro atoms. The molecule has 18 heavy (non-hydrogen) atoms. The molecule has 0 bridgehead atoms. The van der Waals surface area contributed by atoms with E-state index in [0.717, 1.165) is 5.01 Å². The second-order valence-corrected chi connectivity index (χ2v) is 4.72. The predicted molar refractivity (Wildman–Crippen MR) is 72.2 cm³/mol. The van der Waals surface area contributed by atoms with Gasteiger partial charge in [0.1, 0.15) is 11.4 Å². The van der Waals surface area contributed by atoms with Crippen LogP contribution in [0.2, 0.25) is 0 Å². The lowest BCUT2D eigenvalue weighted by Gasteiger charge is -2.08. The number of ether oxygens (including phenoxy) is 1. The number of aromatic nitrogens is 1. The number of amides is 1. The molecule has 0 aliphatic rings. The Kier molecular flexibility index (Phi) is 3.47. The van der Waals surface area contributed by atoms with Crippen molar-refractivity contribution in [3.8, 4) is 5.75 Å². The van der Waals surface area contributed by atoms with Gasteiger partial charge in [0, 0.05) is 17.1 Å². The fraction of sp³-hybridized carbons (Fsp3) is 0.167. The number of rotatable bonds is 3. The summed E-state index contributed by atoms with van der Waals surface area (Å²) in [6.45, 7) is 1.85. The van der Waals surface area contributed by atoms with Crippen molar-refractivity contribution in [1.29, 1.82) is 0 Å². The van der Waals surface area contributed by atoms with Crippen molar-refractivity contribution in [3.05, 3.63) is 34.3 Å². The van der Waals surface area contributed by atoms with Gasteiger partial charge in [-0.25, -0.2) is 4.98 Å². The third kappa shape index (κ3) is 2.60. The van der Waals surface area contributed by atoms with Crippen molar-refractivity contribution in [2.75, 3.05) is 18.2 Å². The average Bonchev–Trinajstić information content (AvgIpc) is 2.78. The van der Waals surface area contributed by atoms with Crippen LogP contribution < -0.4 is 15.8 Å². The van der Waals surface area contributed by atoms with Crippen LogP contribution in [-0.4, -0.2) is 18.0 Å². The highest BCUT2D eigenvalue weighted by molar-refractivity contribution is 7.09. The SMILES string of the molecule is COc1cc(NC(=O)c2csc(C)n2)ccc1N. The molecule has 1 aromatic carbocycles. The van der Waals surface area contributed by atoms with Gasteiger partial charge in [0.2, 0.25) is 0 Å². The van der Waals surface area contributed by atoms with Crippen molar-refractivity contribution in [2.45, 2.75) is 6.92 Å². The lowest BCUT2D eigenvalue weighted by molar-refractivity contribution is 0.102. The summed E-state index contributed by atoms with van der Waals surface area (Å²) in [6, 6.07) is 5.07. The average molecular weight is 263 g/mol. The van der Waals surface area contributed by atoms with E-state index in [-0.39, 0.29) is 5.91 Å². The zero-order valence-corrected chi connectivity index (χ0v) is 10.9. The van der Waals surface area contributed by atoms with Gasteiger partial charge in [-0.2, -0.15) is 0 Å². The molecule has 0 unspecified atom stereocenters. The molecule has 0 aliphatic carbocycles. The molecule has 1 amide bonds. The molecule has 0 radical (unpaired) electrons. The number of methoxy groups -OCH3 is 1. The number of nitrogens with zero attached hydrogens (tertiary/aromatic N) is 1. The number of nitrogens with one attached hydrogen (secondary N) is 1. The number of hydrogen-bond acceptors (Lipinski definition) is 5. The van der Waals surface area contributed by atoms with Gasteiger partial charge < -0.3 is 15.8 Å². The number of thiazole rings is 1. The molecule has 6 heteroatoms. The zero-order chi connectivity index (χ0) is 13.1. The summed E-state index contributed by atoms with van der Waals surface area (Å²) in [5, 5.41) is 5.32. The second kappa shape index (κ2) is 5.05. The van der Waals surface area contributed by atoms with E-state index in [0.29, 0.717) is 22.8 Å². The maximum absolute atomic E-state index is 11.9. The number of nitrogens with two attached hydrogens (primary N) is 1. The first-order valence-electron chi connectivity index (χ1n) is 5.27. The van der Waals surface area contributed by atoms with Gasteiger partial charge in [-0.1, -0.05) is 0 Å². The maximum Gasteiger partial charge on any atom is 0.275 e. The van der Waals surface area contributed by atoms with E-state index in [1.54, 1.807) is 23.6 Å². The lowest BCUT2D eigenvalue weighted by atomic mass is 10.2. The molecule has 2 rings (SSSR count). The fourth-order valence-electron chi connectivity index (χ4n) is 1.45.